The van der Waals surface area contributed by atoms with Crippen LogP contribution in [0.4, 0.5) is 5.69 Å². The van der Waals surface area contributed by atoms with Gasteiger partial charge in [-0.05, 0) is 30.3 Å². The first-order chi connectivity index (χ1) is 11.6. The SMILES string of the molecule is COc1cccc(C(=O)NCCC(=O)Nc2ccccc2C#N)c1. The third kappa shape index (κ3) is 4.58. The first-order valence-corrected chi connectivity index (χ1v) is 7.35. The Morgan fingerprint density at radius 1 is 1.17 bits per heavy atom. The van der Waals surface area contributed by atoms with Gasteiger partial charge in [0, 0.05) is 18.5 Å². The van der Waals surface area contributed by atoms with Gasteiger partial charge in [-0.1, -0.05) is 18.2 Å². The Kier molecular flexibility index (Phi) is 5.92. The van der Waals surface area contributed by atoms with Crippen LogP contribution in [0, 0.1) is 11.3 Å². The van der Waals surface area contributed by atoms with E-state index in [1.165, 1.54) is 7.11 Å². The minimum Gasteiger partial charge on any atom is -0.497 e. The zero-order valence-corrected chi connectivity index (χ0v) is 13.2. The lowest BCUT2D eigenvalue weighted by molar-refractivity contribution is -0.116. The van der Waals surface area contributed by atoms with Gasteiger partial charge in [-0.3, -0.25) is 9.59 Å². The van der Waals surface area contributed by atoms with Crippen LogP contribution >= 0.6 is 0 Å². The highest BCUT2D eigenvalue weighted by Gasteiger charge is 2.09. The van der Waals surface area contributed by atoms with Crippen molar-refractivity contribution in [1.29, 1.82) is 5.26 Å². The van der Waals surface area contributed by atoms with Crippen LogP contribution in [0.15, 0.2) is 48.5 Å². The van der Waals surface area contributed by atoms with Crippen LogP contribution in [0.2, 0.25) is 0 Å². The van der Waals surface area contributed by atoms with Gasteiger partial charge in [0.1, 0.15) is 11.8 Å². The van der Waals surface area contributed by atoms with Gasteiger partial charge in [-0.25, -0.2) is 0 Å². The molecule has 0 aliphatic rings. The smallest absolute Gasteiger partial charge is 0.251 e. The molecule has 0 atom stereocenters. The molecule has 24 heavy (non-hydrogen) atoms. The van der Waals surface area contributed by atoms with Gasteiger partial charge in [-0.2, -0.15) is 5.26 Å². The number of carbonyl (C=O) groups excluding carboxylic acids is 2. The van der Waals surface area contributed by atoms with Crippen molar-refractivity contribution in [3.05, 3.63) is 59.7 Å². The first kappa shape index (κ1) is 17.0. The molecule has 2 aromatic rings. The largest absolute Gasteiger partial charge is 0.497 e. The summed E-state index contributed by atoms with van der Waals surface area (Å²) in [5.74, 6) is 0.0382. The van der Waals surface area contributed by atoms with Gasteiger partial charge >= 0.3 is 0 Å². The summed E-state index contributed by atoms with van der Waals surface area (Å²) >= 11 is 0. The average molecular weight is 323 g/mol. The Morgan fingerprint density at radius 2 is 1.96 bits per heavy atom. The molecule has 0 aromatic heterocycles. The first-order valence-electron chi connectivity index (χ1n) is 7.35. The molecule has 2 N–H and O–H groups in total. The van der Waals surface area contributed by atoms with E-state index >= 15 is 0 Å². The van der Waals surface area contributed by atoms with Crippen LogP contribution < -0.4 is 15.4 Å². The Bertz CT molecular complexity index is 781. The van der Waals surface area contributed by atoms with E-state index in [4.69, 9.17) is 10.00 Å². The van der Waals surface area contributed by atoms with Crippen LogP contribution in [0.25, 0.3) is 0 Å². The van der Waals surface area contributed by atoms with E-state index < -0.39 is 0 Å². The van der Waals surface area contributed by atoms with Crippen molar-refractivity contribution < 1.29 is 14.3 Å². The van der Waals surface area contributed by atoms with Gasteiger partial charge < -0.3 is 15.4 Å². The van der Waals surface area contributed by atoms with E-state index in [2.05, 4.69) is 10.6 Å². The second kappa shape index (κ2) is 8.34. The summed E-state index contributed by atoms with van der Waals surface area (Å²) in [6.45, 7) is 0.191. The average Bonchev–Trinajstić information content (AvgIpc) is 2.62. The third-order valence-corrected chi connectivity index (χ3v) is 3.29. The summed E-state index contributed by atoms with van der Waals surface area (Å²) in [6.07, 6.45) is 0.107. The van der Waals surface area contributed by atoms with Crippen molar-refractivity contribution in [3.8, 4) is 11.8 Å². The lowest BCUT2D eigenvalue weighted by atomic mass is 10.2. The van der Waals surface area contributed by atoms with E-state index in [1.807, 2.05) is 6.07 Å². The number of benzene rings is 2. The van der Waals surface area contributed by atoms with E-state index in [0.717, 1.165) is 0 Å². The fourth-order valence-corrected chi connectivity index (χ4v) is 2.06. The molecule has 2 aromatic carbocycles. The molecule has 6 heteroatoms. The van der Waals surface area contributed by atoms with E-state index in [1.54, 1.807) is 48.5 Å². The molecule has 0 aliphatic carbocycles. The van der Waals surface area contributed by atoms with Gasteiger partial charge in [0.25, 0.3) is 5.91 Å². The summed E-state index contributed by atoms with van der Waals surface area (Å²) in [7, 11) is 1.53. The normalized spacial score (nSPS) is 9.67. The number of carbonyl (C=O) groups is 2. The van der Waals surface area contributed by atoms with Crippen molar-refractivity contribution in [2.75, 3.05) is 19.0 Å². The highest BCUT2D eigenvalue weighted by atomic mass is 16.5. The number of hydrogen-bond acceptors (Lipinski definition) is 4. The summed E-state index contributed by atoms with van der Waals surface area (Å²) in [4.78, 5) is 23.9. The van der Waals surface area contributed by atoms with Crippen LogP contribution in [0.1, 0.15) is 22.3 Å². The monoisotopic (exact) mass is 323 g/mol. The summed E-state index contributed by atoms with van der Waals surface area (Å²) in [5.41, 5.74) is 1.32. The number of nitrogens with zero attached hydrogens (tertiary/aromatic N) is 1. The quantitative estimate of drug-likeness (QED) is 0.853. The Labute approximate surface area is 140 Å². The van der Waals surface area contributed by atoms with Gasteiger partial charge in [0.05, 0.1) is 18.4 Å². The molecular formula is C18H17N3O3. The number of nitrogens with one attached hydrogen (secondary N) is 2. The molecule has 0 spiro atoms. The number of nitriles is 1. The second-order valence-corrected chi connectivity index (χ2v) is 4.94. The molecule has 0 saturated heterocycles. The number of para-hydroxylation sites is 1. The summed E-state index contributed by atoms with van der Waals surface area (Å²) in [5, 5.41) is 14.3. The number of anilines is 1. The zero-order valence-electron chi connectivity index (χ0n) is 13.2. The van der Waals surface area contributed by atoms with E-state index in [-0.39, 0.29) is 24.8 Å². The zero-order chi connectivity index (χ0) is 17.4. The fourth-order valence-electron chi connectivity index (χ4n) is 2.06. The minimum absolute atomic E-state index is 0.107. The van der Waals surface area contributed by atoms with Crippen LogP contribution in [-0.2, 0) is 4.79 Å². The number of hydrogen-bond donors (Lipinski definition) is 2. The number of methoxy groups -OCH3 is 1. The summed E-state index contributed by atoms with van der Waals surface area (Å²) < 4.78 is 5.07. The number of rotatable bonds is 6. The maximum Gasteiger partial charge on any atom is 0.251 e. The third-order valence-electron chi connectivity index (χ3n) is 3.29. The molecule has 0 heterocycles. The molecule has 0 aliphatic heterocycles. The highest BCUT2D eigenvalue weighted by molar-refractivity contribution is 5.95. The van der Waals surface area contributed by atoms with Crippen molar-refractivity contribution in [2.24, 2.45) is 0 Å². The summed E-state index contributed by atoms with van der Waals surface area (Å²) in [6, 6.07) is 15.5. The fraction of sp³-hybridized carbons (Fsp3) is 0.167. The highest BCUT2D eigenvalue weighted by Crippen LogP contribution is 2.14. The van der Waals surface area contributed by atoms with Crippen LogP contribution in [0.3, 0.4) is 0 Å². The molecule has 0 radical (unpaired) electrons. The molecule has 0 unspecified atom stereocenters. The molecule has 0 saturated carbocycles. The Balaban J connectivity index is 1.84. The lowest BCUT2D eigenvalue weighted by Gasteiger charge is -2.08. The lowest BCUT2D eigenvalue weighted by Crippen LogP contribution is -2.27. The number of ether oxygens (including phenoxy) is 1. The minimum atomic E-state index is -0.279. The second-order valence-electron chi connectivity index (χ2n) is 4.94. The van der Waals surface area contributed by atoms with Crippen molar-refractivity contribution >= 4 is 17.5 Å². The van der Waals surface area contributed by atoms with Gasteiger partial charge in [0.15, 0.2) is 0 Å². The molecular weight excluding hydrogens is 306 g/mol. The van der Waals surface area contributed by atoms with E-state index in [9.17, 15) is 9.59 Å². The van der Waals surface area contributed by atoms with Crippen LogP contribution in [-0.4, -0.2) is 25.5 Å². The standard InChI is InChI=1S/C18H17N3O3/c1-24-15-7-4-6-13(11-15)18(23)20-10-9-17(22)21-16-8-3-2-5-14(16)12-19/h2-8,11H,9-10H2,1H3,(H,20,23)(H,21,22). The van der Waals surface area contributed by atoms with Crippen molar-refractivity contribution in [3.63, 3.8) is 0 Å². The molecule has 0 fully saturated rings. The van der Waals surface area contributed by atoms with Gasteiger partial charge in [0.2, 0.25) is 5.91 Å². The molecule has 0 bridgehead atoms. The predicted molar refractivity (Wildman–Crippen MR) is 89.7 cm³/mol. The Hall–Kier alpha value is -3.33. The van der Waals surface area contributed by atoms with Crippen LogP contribution in [0.5, 0.6) is 5.75 Å². The van der Waals surface area contributed by atoms with Gasteiger partial charge in [-0.15, -0.1) is 0 Å². The topological polar surface area (TPSA) is 91.2 Å². The molecule has 6 nitrogen and oxygen atoms in total. The number of amides is 2. The maximum atomic E-state index is 12.0. The maximum absolute atomic E-state index is 12.0. The van der Waals surface area contributed by atoms with Crippen molar-refractivity contribution in [1.82, 2.24) is 5.32 Å². The molecule has 2 rings (SSSR count). The van der Waals surface area contributed by atoms with Crippen molar-refractivity contribution in [2.45, 2.75) is 6.42 Å². The van der Waals surface area contributed by atoms with E-state index in [0.29, 0.717) is 22.6 Å². The predicted octanol–water partition coefficient (Wildman–Crippen LogP) is 2.33. The molecule has 122 valence electrons. The molecule has 2 amide bonds. The Morgan fingerprint density at radius 3 is 2.71 bits per heavy atom.